The van der Waals surface area contributed by atoms with Crippen LogP contribution in [-0.4, -0.2) is 44.6 Å². The van der Waals surface area contributed by atoms with E-state index in [1.165, 1.54) is 0 Å². The second kappa shape index (κ2) is 6.21. The third kappa shape index (κ3) is 2.83. The molecular formula is C16H18N4O3. The van der Waals surface area contributed by atoms with E-state index in [4.69, 9.17) is 5.73 Å². The molecule has 23 heavy (non-hydrogen) atoms. The quantitative estimate of drug-likeness (QED) is 0.797. The number of H-pyrrole nitrogens is 1. The number of carbonyl (C=O) groups excluding carboxylic acids is 1. The Kier molecular flexibility index (Phi) is 4.12. The Morgan fingerprint density at radius 3 is 2.83 bits per heavy atom. The third-order valence-corrected chi connectivity index (χ3v) is 4.09. The lowest BCUT2D eigenvalue weighted by Gasteiger charge is -2.31. The van der Waals surface area contributed by atoms with Gasteiger partial charge in [-0.05, 0) is 37.6 Å². The van der Waals surface area contributed by atoms with Crippen molar-refractivity contribution in [3.63, 3.8) is 0 Å². The van der Waals surface area contributed by atoms with Crippen LogP contribution in [0, 0.1) is 0 Å². The predicted octanol–water partition coefficient (Wildman–Crippen LogP) is 1.86. The van der Waals surface area contributed by atoms with Crippen LogP contribution in [0.5, 0.6) is 0 Å². The molecule has 0 radical (unpaired) electrons. The number of amides is 2. The number of nitrogens with two attached hydrogens (primary N) is 1. The first-order valence-corrected chi connectivity index (χ1v) is 7.50. The van der Waals surface area contributed by atoms with Crippen LogP contribution in [0.2, 0.25) is 0 Å². The van der Waals surface area contributed by atoms with Crippen LogP contribution in [0.4, 0.5) is 4.79 Å². The zero-order valence-corrected chi connectivity index (χ0v) is 12.5. The van der Waals surface area contributed by atoms with Gasteiger partial charge >= 0.3 is 6.09 Å². The van der Waals surface area contributed by atoms with Crippen molar-refractivity contribution < 1.29 is 14.7 Å². The average Bonchev–Trinajstić information content (AvgIpc) is 2.98. The van der Waals surface area contributed by atoms with E-state index in [1.54, 1.807) is 18.5 Å². The van der Waals surface area contributed by atoms with Gasteiger partial charge in [-0.3, -0.25) is 9.78 Å². The van der Waals surface area contributed by atoms with Gasteiger partial charge in [0.05, 0.1) is 5.56 Å². The Morgan fingerprint density at radius 1 is 1.43 bits per heavy atom. The molecule has 0 aromatic carbocycles. The number of fused-ring (bicyclic) bond motifs is 1. The van der Waals surface area contributed by atoms with Gasteiger partial charge in [-0.1, -0.05) is 0 Å². The molecule has 2 amide bonds. The fourth-order valence-electron chi connectivity index (χ4n) is 2.99. The molecule has 7 nitrogen and oxygen atoms in total. The van der Waals surface area contributed by atoms with Gasteiger partial charge in [-0.15, -0.1) is 0 Å². The van der Waals surface area contributed by atoms with Crippen LogP contribution in [0.15, 0.2) is 30.6 Å². The minimum absolute atomic E-state index is 0.375. The topological polar surface area (TPSA) is 112 Å². The minimum Gasteiger partial charge on any atom is -0.465 e. The lowest BCUT2D eigenvalue weighted by atomic mass is 9.96. The van der Waals surface area contributed by atoms with Crippen molar-refractivity contribution in [1.82, 2.24) is 14.9 Å². The van der Waals surface area contributed by atoms with E-state index in [9.17, 15) is 14.7 Å². The minimum atomic E-state index is -1.21. The highest BCUT2D eigenvalue weighted by Gasteiger charge is 2.37. The van der Waals surface area contributed by atoms with Crippen molar-refractivity contribution in [3.05, 3.63) is 41.9 Å². The van der Waals surface area contributed by atoms with Crippen molar-refractivity contribution >= 4 is 12.0 Å². The number of hydrogen-bond acceptors (Lipinski definition) is 4. The Labute approximate surface area is 133 Å². The molecule has 2 aromatic rings. The number of aromatic amines is 1. The Hall–Kier alpha value is -2.67. The molecule has 3 heterocycles. The molecule has 7 heteroatoms. The molecule has 4 N–H and O–H groups in total. The summed E-state index contributed by atoms with van der Waals surface area (Å²) in [6.07, 6.45) is 3.86. The average molecular weight is 314 g/mol. The maximum absolute atomic E-state index is 12.6. The number of hydrogen-bond donors (Lipinski definition) is 3. The lowest BCUT2D eigenvalue weighted by Crippen LogP contribution is -2.48. The van der Waals surface area contributed by atoms with Crippen LogP contribution < -0.4 is 5.73 Å². The molecule has 120 valence electrons. The van der Waals surface area contributed by atoms with Crippen LogP contribution in [0.3, 0.4) is 0 Å². The number of imide groups is 1. The molecule has 2 aromatic heterocycles. The summed E-state index contributed by atoms with van der Waals surface area (Å²) in [6.45, 7) is 0.470. The normalized spacial score (nSPS) is 17.2. The number of rotatable bonds is 4. The molecule has 0 spiro atoms. The van der Waals surface area contributed by atoms with Crippen molar-refractivity contribution in [2.24, 2.45) is 5.73 Å². The summed E-state index contributed by atoms with van der Waals surface area (Å²) < 4.78 is 0. The molecule has 0 saturated heterocycles. The van der Waals surface area contributed by atoms with Gasteiger partial charge in [-0.2, -0.15) is 0 Å². The maximum Gasteiger partial charge on any atom is 0.414 e. The molecule has 1 aliphatic rings. The van der Waals surface area contributed by atoms with E-state index in [0.717, 1.165) is 21.9 Å². The summed E-state index contributed by atoms with van der Waals surface area (Å²) in [7, 11) is 0. The van der Waals surface area contributed by atoms with Crippen LogP contribution in [0.1, 0.15) is 28.9 Å². The predicted molar refractivity (Wildman–Crippen MR) is 84.0 cm³/mol. The standard InChI is InChI=1S/C16H18N4O3/c17-5-1-2-11-8-14-12(15(21)20(11)16(22)23)9-13(19-14)10-3-6-18-7-4-10/h3-4,6-7,9,11,19H,1-2,5,8,17H2,(H,22,23). The number of nitrogens with one attached hydrogen (secondary N) is 1. The first kappa shape index (κ1) is 15.2. The number of aromatic nitrogens is 2. The van der Waals surface area contributed by atoms with Crippen molar-refractivity contribution in [1.29, 1.82) is 0 Å². The van der Waals surface area contributed by atoms with E-state index >= 15 is 0 Å². The Morgan fingerprint density at radius 2 is 2.17 bits per heavy atom. The van der Waals surface area contributed by atoms with E-state index in [2.05, 4.69) is 9.97 Å². The maximum atomic E-state index is 12.6. The summed E-state index contributed by atoms with van der Waals surface area (Å²) in [5.74, 6) is -0.475. The number of pyridine rings is 1. The van der Waals surface area contributed by atoms with Crippen LogP contribution in [0.25, 0.3) is 11.3 Å². The van der Waals surface area contributed by atoms with E-state index in [-0.39, 0.29) is 6.04 Å². The van der Waals surface area contributed by atoms with Gasteiger partial charge in [0.1, 0.15) is 0 Å². The van der Waals surface area contributed by atoms with Gasteiger partial charge < -0.3 is 15.8 Å². The van der Waals surface area contributed by atoms with Gasteiger partial charge in [0.15, 0.2) is 0 Å². The van der Waals surface area contributed by atoms with Crippen molar-refractivity contribution in [3.8, 4) is 11.3 Å². The second-order valence-corrected chi connectivity index (χ2v) is 5.56. The van der Waals surface area contributed by atoms with Gasteiger partial charge in [-0.25, -0.2) is 9.69 Å². The Bertz CT molecular complexity index is 726. The summed E-state index contributed by atoms with van der Waals surface area (Å²) in [4.78, 5) is 32.2. The molecule has 3 rings (SSSR count). The highest BCUT2D eigenvalue weighted by atomic mass is 16.4. The molecule has 0 bridgehead atoms. The van der Waals surface area contributed by atoms with E-state index in [1.807, 2.05) is 12.1 Å². The van der Waals surface area contributed by atoms with E-state index in [0.29, 0.717) is 31.4 Å². The molecule has 0 fully saturated rings. The monoisotopic (exact) mass is 314 g/mol. The number of carbonyl (C=O) groups is 2. The fraction of sp³-hybridized carbons (Fsp3) is 0.312. The van der Waals surface area contributed by atoms with Crippen molar-refractivity contribution in [2.45, 2.75) is 25.3 Å². The summed E-state index contributed by atoms with van der Waals surface area (Å²) in [6, 6.07) is 5.01. The zero-order valence-electron chi connectivity index (χ0n) is 12.5. The van der Waals surface area contributed by atoms with Crippen LogP contribution >= 0.6 is 0 Å². The van der Waals surface area contributed by atoms with E-state index < -0.39 is 12.0 Å². The smallest absolute Gasteiger partial charge is 0.414 e. The lowest BCUT2D eigenvalue weighted by molar-refractivity contribution is 0.0628. The van der Waals surface area contributed by atoms with Crippen LogP contribution in [-0.2, 0) is 6.42 Å². The first-order chi connectivity index (χ1) is 11.1. The first-order valence-electron chi connectivity index (χ1n) is 7.50. The fourth-order valence-corrected chi connectivity index (χ4v) is 2.99. The molecular weight excluding hydrogens is 296 g/mol. The SMILES string of the molecule is NCCCC1Cc2[nH]c(-c3ccncc3)cc2C(=O)N1C(=O)O. The summed E-state index contributed by atoms with van der Waals surface area (Å²) in [5.41, 5.74) is 8.40. The zero-order chi connectivity index (χ0) is 16.4. The summed E-state index contributed by atoms with van der Waals surface area (Å²) >= 11 is 0. The number of carboxylic acid groups (broad SMARTS) is 1. The second-order valence-electron chi connectivity index (χ2n) is 5.56. The van der Waals surface area contributed by atoms with Gasteiger partial charge in [0.2, 0.25) is 0 Å². The molecule has 1 atom stereocenters. The highest BCUT2D eigenvalue weighted by molar-refractivity contribution is 6.05. The molecule has 1 unspecified atom stereocenters. The largest absolute Gasteiger partial charge is 0.465 e. The number of nitrogens with zero attached hydrogens (tertiary/aromatic N) is 2. The summed E-state index contributed by atoms with van der Waals surface area (Å²) in [5, 5.41) is 9.38. The van der Waals surface area contributed by atoms with Gasteiger partial charge in [0, 0.05) is 41.8 Å². The molecule has 0 saturated carbocycles. The van der Waals surface area contributed by atoms with Gasteiger partial charge in [0.25, 0.3) is 5.91 Å². The Balaban J connectivity index is 1.96. The molecule has 1 aliphatic heterocycles. The third-order valence-electron chi connectivity index (χ3n) is 4.09. The van der Waals surface area contributed by atoms with Crippen molar-refractivity contribution in [2.75, 3.05) is 6.54 Å². The highest BCUT2D eigenvalue weighted by Crippen LogP contribution is 2.29. The molecule has 0 aliphatic carbocycles.